The summed E-state index contributed by atoms with van der Waals surface area (Å²) in [6, 6.07) is 8.41. The normalized spacial score (nSPS) is 20.3. The number of benzene rings is 1. The second-order valence-corrected chi connectivity index (χ2v) is 8.55. The fourth-order valence-corrected chi connectivity index (χ4v) is 4.42. The van der Waals surface area contributed by atoms with Crippen molar-refractivity contribution in [2.45, 2.75) is 32.5 Å². The summed E-state index contributed by atoms with van der Waals surface area (Å²) in [5.41, 5.74) is 2.46. The van der Waals surface area contributed by atoms with Gasteiger partial charge in [-0.15, -0.1) is 0 Å². The highest BCUT2D eigenvalue weighted by molar-refractivity contribution is 7.91. The van der Waals surface area contributed by atoms with Gasteiger partial charge < -0.3 is 15.5 Å². The molecule has 0 bridgehead atoms. The van der Waals surface area contributed by atoms with Gasteiger partial charge >= 0.3 is 0 Å². The second kappa shape index (κ2) is 8.48. The van der Waals surface area contributed by atoms with Gasteiger partial charge in [-0.1, -0.05) is 31.2 Å². The minimum absolute atomic E-state index is 0.0502. The molecule has 1 unspecified atom stereocenters. The van der Waals surface area contributed by atoms with Crippen LogP contribution >= 0.6 is 0 Å². The summed E-state index contributed by atoms with van der Waals surface area (Å²) in [6.45, 7) is 4.74. The van der Waals surface area contributed by atoms with E-state index in [0.29, 0.717) is 18.9 Å². The minimum atomic E-state index is -2.89. The van der Waals surface area contributed by atoms with Crippen LogP contribution in [0.15, 0.2) is 29.3 Å². The van der Waals surface area contributed by atoms with E-state index in [9.17, 15) is 8.42 Å². The van der Waals surface area contributed by atoms with Gasteiger partial charge in [0.1, 0.15) is 0 Å². The van der Waals surface area contributed by atoms with Gasteiger partial charge in [0, 0.05) is 26.2 Å². The standard InChI is InChI=1S/C17H28N4O2S/c1-4-21(3)12-15-7-5-6-14(10-15)11-19-17(18-2)20-16-8-9-24(22,23)13-16/h5-7,10,16H,4,8-9,11-13H2,1-3H3,(H2,18,19,20). The van der Waals surface area contributed by atoms with E-state index >= 15 is 0 Å². The Morgan fingerprint density at radius 1 is 1.38 bits per heavy atom. The molecule has 7 heteroatoms. The molecule has 0 spiro atoms. The Morgan fingerprint density at radius 3 is 2.75 bits per heavy atom. The third kappa shape index (κ3) is 5.79. The molecule has 6 nitrogen and oxygen atoms in total. The maximum atomic E-state index is 11.5. The lowest BCUT2D eigenvalue weighted by atomic mass is 10.1. The lowest BCUT2D eigenvalue weighted by Gasteiger charge is -2.17. The molecule has 2 rings (SSSR count). The van der Waals surface area contributed by atoms with Crippen LogP contribution in [-0.2, 0) is 22.9 Å². The van der Waals surface area contributed by atoms with Gasteiger partial charge in [-0.3, -0.25) is 4.99 Å². The van der Waals surface area contributed by atoms with Crippen molar-refractivity contribution in [1.29, 1.82) is 0 Å². The van der Waals surface area contributed by atoms with Gasteiger partial charge in [0.2, 0.25) is 0 Å². The molecule has 0 radical (unpaired) electrons. The van der Waals surface area contributed by atoms with E-state index in [1.807, 2.05) is 0 Å². The topological polar surface area (TPSA) is 73.8 Å². The van der Waals surface area contributed by atoms with Gasteiger partial charge in [0.25, 0.3) is 0 Å². The van der Waals surface area contributed by atoms with Crippen LogP contribution in [-0.4, -0.2) is 57.5 Å². The predicted octanol–water partition coefficient (Wildman–Crippen LogP) is 0.990. The van der Waals surface area contributed by atoms with Gasteiger partial charge in [0.15, 0.2) is 15.8 Å². The minimum Gasteiger partial charge on any atom is -0.353 e. The Kier molecular flexibility index (Phi) is 6.62. The summed E-state index contributed by atoms with van der Waals surface area (Å²) < 4.78 is 23.1. The summed E-state index contributed by atoms with van der Waals surface area (Å²) in [5, 5.41) is 6.46. The number of rotatable bonds is 6. The van der Waals surface area contributed by atoms with Crippen LogP contribution in [0, 0.1) is 0 Å². The van der Waals surface area contributed by atoms with Crippen molar-refractivity contribution in [2.24, 2.45) is 4.99 Å². The molecular weight excluding hydrogens is 324 g/mol. The van der Waals surface area contributed by atoms with Gasteiger partial charge in [-0.25, -0.2) is 8.42 Å². The fourth-order valence-electron chi connectivity index (χ4n) is 2.74. The van der Waals surface area contributed by atoms with E-state index in [1.54, 1.807) is 7.05 Å². The van der Waals surface area contributed by atoms with Crippen molar-refractivity contribution in [1.82, 2.24) is 15.5 Å². The van der Waals surface area contributed by atoms with Crippen LogP contribution in [0.1, 0.15) is 24.5 Å². The van der Waals surface area contributed by atoms with E-state index in [0.717, 1.165) is 13.1 Å². The van der Waals surface area contributed by atoms with Crippen molar-refractivity contribution in [3.05, 3.63) is 35.4 Å². The average molecular weight is 353 g/mol. The SMILES string of the molecule is CCN(C)Cc1cccc(CNC(=NC)NC2CCS(=O)(=O)C2)c1. The molecule has 0 saturated carbocycles. The first-order valence-electron chi connectivity index (χ1n) is 8.36. The Balaban J connectivity index is 1.88. The van der Waals surface area contributed by atoms with Crippen LogP contribution in [0.4, 0.5) is 0 Å². The third-order valence-corrected chi connectivity index (χ3v) is 6.01. The molecule has 1 atom stereocenters. The zero-order valence-corrected chi connectivity index (χ0v) is 15.6. The van der Waals surface area contributed by atoms with Gasteiger partial charge in [0.05, 0.1) is 11.5 Å². The molecule has 1 aromatic carbocycles. The van der Waals surface area contributed by atoms with E-state index < -0.39 is 9.84 Å². The summed E-state index contributed by atoms with van der Waals surface area (Å²) in [7, 11) is 0.917. The fraction of sp³-hybridized carbons (Fsp3) is 0.588. The molecule has 2 N–H and O–H groups in total. The van der Waals surface area contributed by atoms with E-state index in [2.05, 4.69) is 58.8 Å². The van der Waals surface area contributed by atoms with Crippen molar-refractivity contribution < 1.29 is 8.42 Å². The number of hydrogen-bond acceptors (Lipinski definition) is 4. The molecule has 1 aliphatic rings. The first-order valence-corrected chi connectivity index (χ1v) is 10.2. The molecule has 0 aliphatic carbocycles. The predicted molar refractivity (Wildman–Crippen MR) is 98.8 cm³/mol. The average Bonchev–Trinajstić information content (AvgIpc) is 2.90. The second-order valence-electron chi connectivity index (χ2n) is 6.32. The van der Waals surface area contributed by atoms with Crippen molar-refractivity contribution in [3.8, 4) is 0 Å². The van der Waals surface area contributed by atoms with Crippen molar-refractivity contribution in [3.63, 3.8) is 0 Å². The number of sulfone groups is 1. The summed E-state index contributed by atoms with van der Waals surface area (Å²) in [4.78, 5) is 6.45. The Bertz CT molecular complexity index is 673. The monoisotopic (exact) mass is 352 g/mol. The summed E-state index contributed by atoms with van der Waals surface area (Å²) >= 11 is 0. The molecule has 134 valence electrons. The van der Waals surface area contributed by atoms with Crippen LogP contribution in [0.25, 0.3) is 0 Å². The molecule has 0 amide bonds. The first-order chi connectivity index (χ1) is 11.4. The molecule has 0 aromatic heterocycles. The number of hydrogen-bond donors (Lipinski definition) is 2. The third-order valence-electron chi connectivity index (χ3n) is 4.24. The molecular formula is C17H28N4O2S. The highest BCUT2D eigenvalue weighted by atomic mass is 32.2. The maximum Gasteiger partial charge on any atom is 0.191 e. The van der Waals surface area contributed by atoms with Gasteiger partial charge in [-0.2, -0.15) is 0 Å². The van der Waals surface area contributed by atoms with Crippen molar-refractivity contribution >= 4 is 15.8 Å². The zero-order chi connectivity index (χ0) is 17.6. The highest BCUT2D eigenvalue weighted by Gasteiger charge is 2.28. The quantitative estimate of drug-likeness (QED) is 0.590. The lowest BCUT2D eigenvalue weighted by Crippen LogP contribution is -2.43. The molecule has 1 aromatic rings. The largest absolute Gasteiger partial charge is 0.353 e. The summed E-state index contributed by atoms with van der Waals surface area (Å²) in [6.07, 6.45) is 0.641. The van der Waals surface area contributed by atoms with Crippen LogP contribution in [0.5, 0.6) is 0 Å². The number of nitrogens with zero attached hydrogens (tertiary/aromatic N) is 2. The van der Waals surface area contributed by atoms with E-state index in [4.69, 9.17) is 0 Å². The maximum absolute atomic E-state index is 11.5. The van der Waals surface area contributed by atoms with E-state index in [-0.39, 0.29) is 17.5 Å². The molecule has 1 heterocycles. The Morgan fingerprint density at radius 2 is 2.12 bits per heavy atom. The van der Waals surface area contributed by atoms with Crippen LogP contribution in [0.3, 0.4) is 0 Å². The molecule has 1 aliphatic heterocycles. The lowest BCUT2D eigenvalue weighted by molar-refractivity contribution is 0.345. The van der Waals surface area contributed by atoms with Crippen LogP contribution < -0.4 is 10.6 Å². The number of nitrogens with one attached hydrogen (secondary N) is 2. The zero-order valence-electron chi connectivity index (χ0n) is 14.7. The smallest absolute Gasteiger partial charge is 0.191 e. The first kappa shape index (κ1) is 18.7. The van der Waals surface area contributed by atoms with E-state index in [1.165, 1.54) is 11.1 Å². The highest BCUT2D eigenvalue weighted by Crippen LogP contribution is 2.11. The number of aliphatic imine (C=N–C) groups is 1. The molecule has 24 heavy (non-hydrogen) atoms. The van der Waals surface area contributed by atoms with Crippen LogP contribution in [0.2, 0.25) is 0 Å². The Hall–Kier alpha value is -1.60. The molecule has 1 saturated heterocycles. The number of guanidine groups is 1. The summed E-state index contributed by atoms with van der Waals surface area (Å²) in [5.74, 6) is 1.09. The van der Waals surface area contributed by atoms with Gasteiger partial charge in [-0.05, 0) is 31.1 Å². The molecule has 1 fully saturated rings. The van der Waals surface area contributed by atoms with Crippen molar-refractivity contribution in [2.75, 3.05) is 32.1 Å². The Labute approximate surface area is 145 Å².